The molecule has 0 aliphatic rings. The van der Waals surface area contributed by atoms with Gasteiger partial charge in [-0.05, 0) is 24.0 Å². The van der Waals surface area contributed by atoms with Crippen LogP contribution in [0, 0.1) is 11.8 Å². The van der Waals surface area contributed by atoms with Crippen LogP contribution in [0.1, 0.15) is 27.7 Å². The molecule has 108 valence electrons. The molecular formula is C13H21ClN2O2S. The van der Waals surface area contributed by atoms with Crippen molar-refractivity contribution in [2.75, 3.05) is 13.1 Å². The summed E-state index contributed by atoms with van der Waals surface area (Å²) in [6, 6.07) is 2.87. The first-order valence-electron chi connectivity index (χ1n) is 6.35. The lowest BCUT2D eigenvalue weighted by atomic mass is 10.2. The topological polar surface area (TPSA) is 50.3 Å². The maximum Gasteiger partial charge on any atom is 0.243 e. The number of rotatable bonds is 6. The van der Waals surface area contributed by atoms with Crippen LogP contribution in [0.4, 0.5) is 0 Å². The molecule has 0 aliphatic carbocycles. The van der Waals surface area contributed by atoms with Crippen LogP contribution in [-0.2, 0) is 10.0 Å². The Morgan fingerprint density at radius 3 is 2.16 bits per heavy atom. The van der Waals surface area contributed by atoms with Gasteiger partial charge < -0.3 is 0 Å². The van der Waals surface area contributed by atoms with Crippen molar-refractivity contribution in [2.24, 2.45) is 11.8 Å². The summed E-state index contributed by atoms with van der Waals surface area (Å²) in [4.78, 5) is 4.02. The fourth-order valence-electron chi connectivity index (χ4n) is 1.78. The Morgan fingerprint density at radius 2 is 1.74 bits per heavy atom. The second-order valence-corrected chi connectivity index (χ2v) is 7.75. The molecule has 0 bridgehead atoms. The molecule has 1 rings (SSSR count). The van der Waals surface area contributed by atoms with Crippen LogP contribution in [0.5, 0.6) is 0 Å². The van der Waals surface area contributed by atoms with E-state index in [4.69, 9.17) is 11.6 Å². The van der Waals surface area contributed by atoms with Crippen molar-refractivity contribution in [1.82, 2.24) is 9.29 Å². The van der Waals surface area contributed by atoms with Gasteiger partial charge in [-0.15, -0.1) is 0 Å². The van der Waals surface area contributed by atoms with Crippen molar-refractivity contribution in [3.05, 3.63) is 23.5 Å². The Bertz CT molecular complexity index is 505. The highest BCUT2D eigenvalue weighted by molar-refractivity contribution is 7.89. The van der Waals surface area contributed by atoms with E-state index in [0.29, 0.717) is 13.1 Å². The average Bonchev–Trinajstić information content (AvgIpc) is 2.26. The standard InChI is InChI=1S/C13H21ClN2O2S/c1-10(2)8-16(9-11(3)4)19(17,18)12-5-6-15-13(14)7-12/h5-7,10-11H,8-9H2,1-4H3. The monoisotopic (exact) mass is 304 g/mol. The number of nitrogens with zero attached hydrogens (tertiary/aromatic N) is 2. The van der Waals surface area contributed by atoms with Gasteiger partial charge in [0.2, 0.25) is 10.0 Å². The van der Waals surface area contributed by atoms with Gasteiger partial charge in [0.05, 0.1) is 4.90 Å². The highest BCUT2D eigenvalue weighted by Crippen LogP contribution is 2.20. The van der Waals surface area contributed by atoms with Gasteiger partial charge in [0.15, 0.2) is 0 Å². The average molecular weight is 305 g/mol. The summed E-state index contributed by atoms with van der Waals surface area (Å²) in [7, 11) is -3.50. The SMILES string of the molecule is CC(C)CN(CC(C)C)S(=O)(=O)c1ccnc(Cl)c1. The van der Waals surface area contributed by atoms with E-state index in [1.54, 1.807) is 0 Å². The van der Waals surface area contributed by atoms with Crippen molar-refractivity contribution in [2.45, 2.75) is 32.6 Å². The molecule has 0 atom stereocenters. The van der Waals surface area contributed by atoms with Gasteiger partial charge in [-0.3, -0.25) is 0 Å². The molecule has 1 heterocycles. The van der Waals surface area contributed by atoms with Gasteiger partial charge >= 0.3 is 0 Å². The highest BCUT2D eigenvalue weighted by Gasteiger charge is 2.26. The zero-order valence-electron chi connectivity index (χ0n) is 11.8. The largest absolute Gasteiger partial charge is 0.244 e. The van der Waals surface area contributed by atoms with Crippen molar-refractivity contribution < 1.29 is 8.42 Å². The molecule has 0 N–H and O–H groups in total. The molecule has 1 aromatic rings. The second-order valence-electron chi connectivity index (χ2n) is 5.42. The molecule has 0 unspecified atom stereocenters. The van der Waals surface area contributed by atoms with E-state index in [1.807, 2.05) is 27.7 Å². The first-order valence-corrected chi connectivity index (χ1v) is 8.17. The Morgan fingerprint density at radius 1 is 1.21 bits per heavy atom. The molecule has 0 fully saturated rings. The van der Waals surface area contributed by atoms with E-state index in [-0.39, 0.29) is 21.9 Å². The Hall–Kier alpha value is -0.650. The van der Waals surface area contributed by atoms with Gasteiger partial charge in [0, 0.05) is 19.3 Å². The summed E-state index contributed by atoms with van der Waals surface area (Å²) < 4.78 is 26.7. The number of hydrogen-bond donors (Lipinski definition) is 0. The van der Waals surface area contributed by atoms with E-state index >= 15 is 0 Å². The number of sulfonamides is 1. The molecule has 0 spiro atoms. The predicted octanol–water partition coefficient (Wildman–Crippen LogP) is 3.04. The Labute approximate surface area is 120 Å². The number of hydrogen-bond acceptors (Lipinski definition) is 3. The van der Waals surface area contributed by atoms with E-state index in [1.165, 1.54) is 22.6 Å². The first-order chi connectivity index (χ1) is 8.73. The van der Waals surface area contributed by atoms with Crippen LogP contribution >= 0.6 is 11.6 Å². The van der Waals surface area contributed by atoms with Crippen LogP contribution in [0.3, 0.4) is 0 Å². The van der Waals surface area contributed by atoms with Crippen LogP contribution in [0.15, 0.2) is 23.2 Å². The van der Waals surface area contributed by atoms with Gasteiger partial charge in [0.1, 0.15) is 5.15 Å². The minimum atomic E-state index is -3.50. The minimum Gasteiger partial charge on any atom is -0.244 e. The van der Waals surface area contributed by atoms with E-state index in [2.05, 4.69) is 4.98 Å². The molecule has 0 amide bonds. The summed E-state index contributed by atoms with van der Waals surface area (Å²) in [6.45, 7) is 9.01. The molecule has 0 aromatic carbocycles. The van der Waals surface area contributed by atoms with Gasteiger partial charge in [-0.2, -0.15) is 4.31 Å². The molecule has 0 radical (unpaired) electrons. The zero-order chi connectivity index (χ0) is 14.6. The quantitative estimate of drug-likeness (QED) is 0.759. The summed E-state index contributed by atoms with van der Waals surface area (Å²) in [5.74, 6) is 0.539. The van der Waals surface area contributed by atoms with Crippen molar-refractivity contribution in [3.8, 4) is 0 Å². The lowest BCUT2D eigenvalue weighted by Gasteiger charge is -2.25. The lowest BCUT2D eigenvalue weighted by Crippen LogP contribution is -2.37. The van der Waals surface area contributed by atoms with E-state index in [9.17, 15) is 8.42 Å². The molecule has 19 heavy (non-hydrogen) atoms. The fraction of sp³-hybridized carbons (Fsp3) is 0.615. The number of pyridine rings is 1. The third kappa shape index (κ3) is 4.75. The smallest absolute Gasteiger partial charge is 0.243 e. The van der Waals surface area contributed by atoms with Gasteiger partial charge in [-0.1, -0.05) is 39.3 Å². The lowest BCUT2D eigenvalue weighted by molar-refractivity contribution is 0.333. The minimum absolute atomic E-state index is 0.190. The van der Waals surface area contributed by atoms with Crippen LogP contribution < -0.4 is 0 Å². The Balaban J connectivity index is 3.11. The van der Waals surface area contributed by atoms with Gasteiger partial charge in [0.25, 0.3) is 0 Å². The van der Waals surface area contributed by atoms with Crippen LogP contribution in [-0.4, -0.2) is 30.8 Å². The maximum atomic E-state index is 12.6. The third-order valence-corrected chi connectivity index (χ3v) is 4.51. The second kappa shape index (κ2) is 6.68. The van der Waals surface area contributed by atoms with E-state index in [0.717, 1.165) is 0 Å². The molecule has 0 saturated heterocycles. The summed E-state index contributed by atoms with van der Waals surface area (Å²) in [5, 5.41) is 0.190. The number of halogens is 1. The zero-order valence-corrected chi connectivity index (χ0v) is 13.4. The Kier molecular flexibility index (Phi) is 5.77. The summed E-state index contributed by atoms with van der Waals surface area (Å²) in [6.07, 6.45) is 1.41. The third-order valence-electron chi connectivity index (χ3n) is 2.47. The van der Waals surface area contributed by atoms with Crippen molar-refractivity contribution >= 4 is 21.6 Å². The molecule has 1 aromatic heterocycles. The molecule has 4 nitrogen and oxygen atoms in total. The highest BCUT2D eigenvalue weighted by atomic mass is 35.5. The summed E-state index contributed by atoms with van der Waals surface area (Å²) in [5.41, 5.74) is 0. The van der Waals surface area contributed by atoms with Crippen molar-refractivity contribution in [1.29, 1.82) is 0 Å². The van der Waals surface area contributed by atoms with Crippen LogP contribution in [0.2, 0.25) is 5.15 Å². The van der Waals surface area contributed by atoms with Gasteiger partial charge in [-0.25, -0.2) is 13.4 Å². The van der Waals surface area contributed by atoms with Crippen LogP contribution in [0.25, 0.3) is 0 Å². The normalized spacial score (nSPS) is 12.6. The number of aromatic nitrogens is 1. The maximum absolute atomic E-state index is 12.6. The molecule has 0 saturated carbocycles. The molecule has 0 aliphatic heterocycles. The fourth-order valence-corrected chi connectivity index (χ4v) is 3.80. The summed E-state index contributed by atoms with van der Waals surface area (Å²) >= 11 is 5.77. The van der Waals surface area contributed by atoms with Crippen molar-refractivity contribution in [3.63, 3.8) is 0 Å². The first kappa shape index (κ1) is 16.4. The molecule has 6 heteroatoms. The predicted molar refractivity (Wildman–Crippen MR) is 77.7 cm³/mol. The molecular weight excluding hydrogens is 284 g/mol. The van der Waals surface area contributed by atoms with E-state index < -0.39 is 10.0 Å².